The van der Waals surface area contributed by atoms with Crippen LogP contribution in [0, 0.1) is 0 Å². The number of ketones is 1. The van der Waals surface area contributed by atoms with Gasteiger partial charge in [-0.05, 0) is 24.6 Å². The van der Waals surface area contributed by atoms with Crippen LogP contribution in [0.3, 0.4) is 0 Å². The standard InChI is InChI=1S/C16H16N2O4/c1-11(14(19)13-8-5-9-17-15(13)20)18-16(21)22-10-12-6-3-2-4-7-12/h2-9,11H,10H2,1H3,(H,17,20)(H,18,21)/t11-/m0/s1. The molecule has 114 valence electrons. The van der Waals surface area contributed by atoms with Gasteiger partial charge in [0.15, 0.2) is 5.78 Å². The first-order valence-corrected chi connectivity index (χ1v) is 6.77. The zero-order valence-electron chi connectivity index (χ0n) is 12.0. The van der Waals surface area contributed by atoms with Crippen LogP contribution in [0.1, 0.15) is 22.8 Å². The smallest absolute Gasteiger partial charge is 0.408 e. The van der Waals surface area contributed by atoms with Crippen molar-refractivity contribution >= 4 is 11.9 Å². The van der Waals surface area contributed by atoms with Crippen LogP contribution in [0.25, 0.3) is 0 Å². The van der Waals surface area contributed by atoms with E-state index in [1.165, 1.54) is 19.2 Å². The molecule has 0 spiro atoms. The highest BCUT2D eigenvalue weighted by Crippen LogP contribution is 2.02. The summed E-state index contributed by atoms with van der Waals surface area (Å²) in [6, 6.07) is 11.3. The van der Waals surface area contributed by atoms with Gasteiger partial charge in [0, 0.05) is 6.20 Å². The topological polar surface area (TPSA) is 88.3 Å². The minimum Gasteiger partial charge on any atom is -0.445 e. The summed E-state index contributed by atoms with van der Waals surface area (Å²) in [6.45, 7) is 1.61. The first-order chi connectivity index (χ1) is 10.6. The maximum atomic E-state index is 12.1. The van der Waals surface area contributed by atoms with Gasteiger partial charge in [-0.15, -0.1) is 0 Å². The lowest BCUT2D eigenvalue weighted by atomic mass is 10.1. The summed E-state index contributed by atoms with van der Waals surface area (Å²) in [7, 11) is 0. The van der Waals surface area contributed by atoms with Crippen molar-refractivity contribution in [1.82, 2.24) is 10.3 Å². The van der Waals surface area contributed by atoms with Crippen LogP contribution < -0.4 is 10.9 Å². The summed E-state index contributed by atoms with van der Waals surface area (Å²) in [5.41, 5.74) is 0.355. The molecule has 1 atom stereocenters. The van der Waals surface area contributed by atoms with Gasteiger partial charge in [0.25, 0.3) is 5.56 Å². The van der Waals surface area contributed by atoms with E-state index in [0.717, 1.165) is 5.56 Å². The Labute approximate surface area is 127 Å². The van der Waals surface area contributed by atoms with Gasteiger partial charge < -0.3 is 15.0 Å². The number of nitrogens with one attached hydrogen (secondary N) is 2. The number of rotatable bonds is 5. The third kappa shape index (κ3) is 4.05. The van der Waals surface area contributed by atoms with E-state index < -0.39 is 23.5 Å². The fourth-order valence-corrected chi connectivity index (χ4v) is 1.86. The number of carbonyl (C=O) groups excluding carboxylic acids is 2. The SMILES string of the molecule is C[C@H](NC(=O)OCc1ccccc1)C(=O)c1ccc[nH]c1=O. The number of aromatic nitrogens is 1. The van der Waals surface area contributed by atoms with Crippen LogP contribution in [0.2, 0.25) is 0 Å². The Morgan fingerprint density at radius 2 is 1.91 bits per heavy atom. The molecular weight excluding hydrogens is 284 g/mol. The molecule has 6 nitrogen and oxygen atoms in total. The van der Waals surface area contributed by atoms with E-state index in [1.54, 1.807) is 6.07 Å². The molecule has 1 aromatic carbocycles. The molecule has 0 aliphatic heterocycles. The lowest BCUT2D eigenvalue weighted by molar-refractivity contribution is 0.0925. The van der Waals surface area contributed by atoms with E-state index in [2.05, 4.69) is 10.3 Å². The number of hydrogen-bond acceptors (Lipinski definition) is 4. The predicted molar refractivity (Wildman–Crippen MR) is 80.6 cm³/mol. The lowest BCUT2D eigenvalue weighted by Crippen LogP contribution is -2.40. The Morgan fingerprint density at radius 1 is 1.18 bits per heavy atom. The second-order valence-electron chi connectivity index (χ2n) is 4.70. The summed E-state index contributed by atoms with van der Waals surface area (Å²) in [5.74, 6) is -0.474. The fraction of sp³-hybridized carbons (Fsp3) is 0.188. The number of Topliss-reactive ketones (excluding diaryl/α,β-unsaturated/α-hetero) is 1. The van der Waals surface area contributed by atoms with Crippen LogP contribution in [-0.4, -0.2) is 22.9 Å². The van der Waals surface area contributed by atoms with Gasteiger partial charge in [0.05, 0.1) is 11.6 Å². The maximum Gasteiger partial charge on any atom is 0.408 e. The zero-order valence-corrected chi connectivity index (χ0v) is 12.0. The summed E-state index contributed by atoms with van der Waals surface area (Å²) in [4.78, 5) is 37.7. The highest BCUT2D eigenvalue weighted by atomic mass is 16.5. The predicted octanol–water partition coefficient (Wildman–Crippen LogP) is 1.87. The van der Waals surface area contributed by atoms with Crippen molar-refractivity contribution in [2.45, 2.75) is 19.6 Å². The van der Waals surface area contributed by atoms with Gasteiger partial charge in [-0.1, -0.05) is 30.3 Å². The van der Waals surface area contributed by atoms with Crippen LogP contribution in [0.5, 0.6) is 0 Å². The highest BCUT2D eigenvalue weighted by molar-refractivity contribution is 6.00. The van der Waals surface area contributed by atoms with Gasteiger partial charge in [0.1, 0.15) is 6.61 Å². The van der Waals surface area contributed by atoms with E-state index in [1.807, 2.05) is 30.3 Å². The van der Waals surface area contributed by atoms with Gasteiger partial charge in [-0.2, -0.15) is 0 Å². The van der Waals surface area contributed by atoms with Crippen LogP contribution in [0.4, 0.5) is 4.79 Å². The molecule has 2 N–H and O–H groups in total. The summed E-state index contributed by atoms with van der Waals surface area (Å²) >= 11 is 0. The van der Waals surface area contributed by atoms with Crippen molar-refractivity contribution in [3.8, 4) is 0 Å². The Balaban J connectivity index is 1.90. The number of carbonyl (C=O) groups is 2. The van der Waals surface area contributed by atoms with Crippen molar-refractivity contribution < 1.29 is 14.3 Å². The minimum absolute atomic E-state index is 0.00152. The van der Waals surface area contributed by atoms with E-state index >= 15 is 0 Å². The molecular formula is C16H16N2O4. The molecule has 2 aromatic rings. The third-order valence-electron chi connectivity index (χ3n) is 3.02. The Morgan fingerprint density at radius 3 is 2.59 bits per heavy atom. The molecule has 0 saturated carbocycles. The highest BCUT2D eigenvalue weighted by Gasteiger charge is 2.20. The van der Waals surface area contributed by atoms with Crippen molar-refractivity contribution in [3.63, 3.8) is 0 Å². The number of pyridine rings is 1. The van der Waals surface area contributed by atoms with Crippen molar-refractivity contribution in [2.24, 2.45) is 0 Å². The largest absolute Gasteiger partial charge is 0.445 e. The van der Waals surface area contributed by atoms with Crippen molar-refractivity contribution in [2.75, 3.05) is 0 Å². The molecule has 6 heteroatoms. The summed E-state index contributed by atoms with van der Waals surface area (Å²) < 4.78 is 5.03. The number of aromatic amines is 1. The third-order valence-corrected chi connectivity index (χ3v) is 3.02. The second-order valence-corrected chi connectivity index (χ2v) is 4.70. The molecule has 0 aliphatic rings. The Bertz CT molecular complexity index is 709. The van der Waals surface area contributed by atoms with E-state index in [0.29, 0.717) is 0 Å². The average Bonchev–Trinajstić information content (AvgIpc) is 2.53. The van der Waals surface area contributed by atoms with E-state index in [-0.39, 0.29) is 12.2 Å². The van der Waals surface area contributed by atoms with Gasteiger partial charge in [-0.25, -0.2) is 4.79 Å². The Hall–Kier alpha value is -2.89. The number of ether oxygens (including phenoxy) is 1. The molecule has 0 saturated heterocycles. The number of hydrogen-bond donors (Lipinski definition) is 2. The summed E-state index contributed by atoms with van der Waals surface area (Å²) in [6.07, 6.45) is 0.725. The van der Waals surface area contributed by atoms with Gasteiger partial charge in [0.2, 0.25) is 0 Å². The zero-order chi connectivity index (χ0) is 15.9. The monoisotopic (exact) mass is 300 g/mol. The normalized spacial score (nSPS) is 11.5. The number of amides is 1. The van der Waals surface area contributed by atoms with E-state index in [4.69, 9.17) is 4.74 Å². The fourth-order valence-electron chi connectivity index (χ4n) is 1.86. The van der Waals surface area contributed by atoms with Crippen LogP contribution in [0.15, 0.2) is 53.5 Å². The van der Waals surface area contributed by atoms with Gasteiger partial charge >= 0.3 is 6.09 Å². The maximum absolute atomic E-state index is 12.1. The van der Waals surface area contributed by atoms with Crippen molar-refractivity contribution in [3.05, 3.63) is 70.1 Å². The average molecular weight is 300 g/mol. The molecule has 0 unspecified atom stereocenters. The second kappa shape index (κ2) is 7.21. The Kier molecular flexibility index (Phi) is 5.08. The number of H-pyrrole nitrogens is 1. The van der Waals surface area contributed by atoms with E-state index in [9.17, 15) is 14.4 Å². The number of benzene rings is 1. The minimum atomic E-state index is -0.855. The van der Waals surface area contributed by atoms with Crippen LogP contribution in [-0.2, 0) is 11.3 Å². The molecule has 0 fully saturated rings. The van der Waals surface area contributed by atoms with Gasteiger partial charge in [-0.3, -0.25) is 9.59 Å². The quantitative estimate of drug-likeness (QED) is 0.825. The molecule has 1 heterocycles. The van der Waals surface area contributed by atoms with Crippen molar-refractivity contribution in [1.29, 1.82) is 0 Å². The molecule has 1 aromatic heterocycles. The molecule has 0 bridgehead atoms. The van der Waals surface area contributed by atoms with Crippen LogP contribution >= 0.6 is 0 Å². The number of alkyl carbamates (subject to hydrolysis) is 1. The molecule has 2 rings (SSSR count). The molecule has 1 amide bonds. The molecule has 0 radical (unpaired) electrons. The molecule has 22 heavy (non-hydrogen) atoms. The first-order valence-electron chi connectivity index (χ1n) is 6.77. The first kappa shape index (κ1) is 15.5. The molecule has 0 aliphatic carbocycles. The summed E-state index contributed by atoms with van der Waals surface area (Å²) in [5, 5.41) is 2.41. The lowest BCUT2D eigenvalue weighted by Gasteiger charge is -2.12.